The van der Waals surface area contributed by atoms with Gasteiger partial charge in [-0.2, -0.15) is 0 Å². The highest BCUT2D eigenvalue weighted by Gasteiger charge is 2.24. The van der Waals surface area contributed by atoms with Gasteiger partial charge in [-0.05, 0) is 43.2 Å². The fourth-order valence-corrected chi connectivity index (χ4v) is 3.60. The van der Waals surface area contributed by atoms with Crippen molar-refractivity contribution in [1.29, 1.82) is 0 Å². The number of amides is 1. The van der Waals surface area contributed by atoms with Crippen LogP contribution in [0.15, 0.2) is 48.5 Å². The molecule has 0 saturated heterocycles. The maximum Gasteiger partial charge on any atom is 0.261 e. The molecule has 0 saturated carbocycles. The second-order valence-electron chi connectivity index (χ2n) is 7.33. The summed E-state index contributed by atoms with van der Waals surface area (Å²) < 4.78 is 1.93. The summed E-state index contributed by atoms with van der Waals surface area (Å²) >= 11 is 0. The van der Waals surface area contributed by atoms with E-state index >= 15 is 0 Å². The first-order chi connectivity index (χ1) is 14.1. The fraction of sp³-hybridized carbons (Fsp3) is 0.261. The molecule has 148 valence electrons. The maximum atomic E-state index is 13.2. The Balaban J connectivity index is 1.83. The number of nitrogen functional groups attached to an aromatic ring is 1. The number of unbranched alkanes of at least 4 members (excludes halogenated alkanes) is 2. The second-order valence-corrected chi connectivity index (χ2v) is 7.33. The highest BCUT2D eigenvalue weighted by atomic mass is 16.1. The van der Waals surface area contributed by atoms with Crippen molar-refractivity contribution in [3.63, 3.8) is 0 Å². The average molecular weight is 387 g/mol. The average Bonchev–Trinajstić information content (AvgIpc) is 2.97. The van der Waals surface area contributed by atoms with Crippen molar-refractivity contribution in [1.82, 2.24) is 14.5 Å². The smallest absolute Gasteiger partial charge is 0.261 e. The van der Waals surface area contributed by atoms with E-state index in [0.717, 1.165) is 41.5 Å². The summed E-state index contributed by atoms with van der Waals surface area (Å²) in [6.45, 7) is 4.85. The molecule has 2 heterocycles. The van der Waals surface area contributed by atoms with Gasteiger partial charge in [0.1, 0.15) is 16.9 Å². The molecule has 2 aromatic heterocycles. The molecule has 0 aliphatic heterocycles. The van der Waals surface area contributed by atoms with Gasteiger partial charge in [-0.1, -0.05) is 44.0 Å². The Hall–Kier alpha value is -3.41. The molecule has 0 atom stereocenters. The number of aromatic nitrogens is 3. The minimum Gasteiger partial charge on any atom is -0.384 e. The third-order valence-electron chi connectivity index (χ3n) is 5.08. The number of aryl methyl sites for hydroxylation is 2. The molecule has 0 unspecified atom stereocenters. The lowest BCUT2D eigenvalue weighted by atomic mass is 10.2. The van der Waals surface area contributed by atoms with Crippen LogP contribution in [0.4, 0.5) is 11.5 Å². The highest BCUT2D eigenvalue weighted by molar-refractivity contribution is 6.16. The number of hydrogen-bond donors (Lipinski definition) is 2. The van der Waals surface area contributed by atoms with E-state index in [0.29, 0.717) is 29.1 Å². The lowest BCUT2D eigenvalue weighted by molar-refractivity contribution is 0.102. The number of anilines is 2. The Morgan fingerprint density at radius 3 is 2.55 bits per heavy atom. The topological polar surface area (TPSA) is 85.8 Å². The monoisotopic (exact) mass is 387 g/mol. The van der Waals surface area contributed by atoms with Crippen molar-refractivity contribution in [3.8, 4) is 0 Å². The van der Waals surface area contributed by atoms with Gasteiger partial charge in [-0.15, -0.1) is 0 Å². The number of nitrogens with one attached hydrogen (secondary N) is 1. The van der Waals surface area contributed by atoms with E-state index < -0.39 is 0 Å². The Morgan fingerprint density at radius 1 is 1.07 bits per heavy atom. The van der Waals surface area contributed by atoms with Crippen LogP contribution >= 0.6 is 0 Å². The number of nitrogens with two attached hydrogens (primary N) is 1. The summed E-state index contributed by atoms with van der Waals surface area (Å²) in [5.41, 5.74) is 11.4. The minimum atomic E-state index is -0.267. The van der Waals surface area contributed by atoms with Crippen LogP contribution in [0.1, 0.15) is 42.1 Å². The summed E-state index contributed by atoms with van der Waals surface area (Å²) in [4.78, 5) is 22.7. The molecule has 0 aliphatic carbocycles. The van der Waals surface area contributed by atoms with Gasteiger partial charge in [0.05, 0.1) is 11.0 Å². The molecule has 1 amide bonds. The molecule has 4 aromatic rings. The SMILES string of the molecule is CCCCCn1c(N)c(C(=O)Nc2cccc(C)c2)c2nc3ccccc3nc21. The Labute approximate surface area is 169 Å². The third kappa shape index (κ3) is 3.66. The molecule has 29 heavy (non-hydrogen) atoms. The van der Waals surface area contributed by atoms with E-state index in [1.54, 1.807) is 0 Å². The predicted octanol–water partition coefficient (Wildman–Crippen LogP) is 4.92. The van der Waals surface area contributed by atoms with Gasteiger partial charge >= 0.3 is 0 Å². The molecular formula is C23H25N5O. The van der Waals surface area contributed by atoms with Gasteiger partial charge in [0, 0.05) is 12.2 Å². The maximum absolute atomic E-state index is 13.2. The van der Waals surface area contributed by atoms with Gasteiger partial charge in [-0.3, -0.25) is 4.79 Å². The summed E-state index contributed by atoms with van der Waals surface area (Å²) in [6.07, 6.45) is 3.16. The Bertz CT molecular complexity index is 1190. The van der Waals surface area contributed by atoms with Crippen molar-refractivity contribution in [2.24, 2.45) is 0 Å². The van der Waals surface area contributed by atoms with E-state index in [2.05, 4.69) is 12.2 Å². The molecule has 6 heteroatoms. The number of nitrogens with zero attached hydrogens (tertiary/aromatic N) is 3. The predicted molar refractivity (Wildman–Crippen MR) is 118 cm³/mol. The van der Waals surface area contributed by atoms with Crippen LogP contribution in [-0.4, -0.2) is 20.4 Å². The summed E-state index contributed by atoms with van der Waals surface area (Å²) in [6, 6.07) is 15.4. The molecule has 2 aromatic carbocycles. The van der Waals surface area contributed by atoms with Gasteiger partial charge in [-0.25, -0.2) is 9.97 Å². The van der Waals surface area contributed by atoms with Crippen LogP contribution in [0.2, 0.25) is 0 Å². The lowest BCUT2D eigenvalue weighted by Crippen LogP contribution is -2.15. The number of benzene rings is 2. The van der Waals surface area contributed by atoms with Crippen molar-refractivity contribution in [3.05, 3.63) is 59.7 Å². The first-order valence-corrected chi connectivity index (χ1v) is 10.0. The lowest BCUT2D eigenvalue weighted by Gasteiger charge is -2.08. The zero-order valence-electron chi connectivity index (χ0n) is 16.8. The molecule has 0 spiro atoms. The van der Waals surface area contributed by atoms with Crippen LogP contribution < -0.4 is 11.1 Å². The molecule has 3 N–H and O–H groups in total. The number of fused-ring (bicyclic) bond motifs is 2. The Kier molecular flexibility index (Phi) is 5.16. The molecule has 0 bridgehead atoms. The minimum absolute atomic E-state index is 0.267. The van der Waals surface area contributed by atoms with Gasteiger partial charge < -0.3 is 15.6 Å². The van der Waals surface area contributed by atoms with Gasteiger partial charge in [0.2, 0.25) is 0 Å². The first-order valence-electron chi connectivity index (χ1n) is 10.0. The van der Waals surface area contributed by atoms with Crippen molar-refractivity contribution < 1.29 is 4.79 Å². The first kappa shape index (κ1) is 18.9. The zero-order chi connectivity index (χ0) is 20.4. The standard InChI is InChI=1S/C23H25N5O/c1-3-4-7-13-28-21(24)19(23(29)25-16-10-8-9-15(2)14-16)20-22(28)27-18-12-6-5-11-17(18)26-20/h5-6,8-12,14H,3-4,7,13,24H2,1-2H3,(H,25,29). The van der Waals surface area contributed by atoms with Crippen LogP contribution in [0.3, 0.4) is 0 Å². The van der Waals surface area contributed by atoms with Gasteiger partial charge in [0.15, 0.2) is 5.65 Å². The molecule has 6 nitrogen and oxygen atoms in total. The van der Waals surface area contributed by atoms with E-state index in [-0.39, 0.29) is 5.91 Å². The van der Waals surface area contributed by atoms with E-state index in [1.165, 1.54) is 0 Å². The highest BCUT2D eigenvalue weighted by Crippen LogP contribution is 2.29. The number of carbonyl (C=O) groups is 1. The van der Waals surface area contributed by atoms with E-state index in [4.69, 9.17) is 15.7 Å². The van der Waals surface area contributed by atoms with Crippen molar-refractivity contribution in [2.75, 3.05) is 11.1 Å². The van der Waals surface area contributed by atoms with Gasteiger partial charge in [0.25, 0.3) is 5.91 Å². The Morgan fingerprint density at radius 2 is 1.83 bits per heavy atom. The molecule has 0 aliphatic rings. The third-order valence-corrected chi connectivity index (χ3v) is 5.08. The fourth-order valence-electron chi connectivity index (χ4n) is 3.60. The number of para-hydroxylation sites is 2. The van der Waals surface area contributed by atoms with Crippen LogP contribution in [0.25, 0.3) is 22.2 Å². The summed E-state index contributed by atoms with van der Waals surface area (Å²) in [5.74, 6) is 0.147. The molecular weight excluding hydrogens is 362 g/mol. The normalized spacial score (nSPS) is 11.2. The number of carbonyl (C=O) groups excluding carboxylic acids is 1. The number of rotatable bonds is 6. The second kappa shape index (κ2) is 7.91. The number of hydrogen-bond acceptors (Lipinski definition) is 4. The zero-order valence-corrected chi connectivity index (χ0v) is 16.8. The molecule has 0 fully saturated rings. The molecule has 4 rings (SSSR count). The summed E-state index contributed by atoms with van der Waals surface area (Å²) in [7, 11) is 0. The van der Waals surface area contributed by atoms with Crippen molar-refractivity contribution >= 4 is 39.6 Å². The van der Waals surface area contributed by atoms with Crippen LogP contribution in [-0.2, 0) is 6.54 Å². The van der Waals surface area contributed by atoms with Crippen LogP contribution in [0.5, 0.6) is 0 Å². The van der Waals surface area contributed by atoms with E-state index in [9.17, 15) is 4.79 Å². The largest absolute Gasteiger partial charge is 0.384 e. The van der Waals surface area contributed by atoms with Crippen molar-refractivity contribution in [2.45, 2.75) is 39.7 Å². The molecule has 0 radical (unpaired) electrons. The van der Waals surface area contributed by atoms with E-state index in [1.807, 2.05) is 60.0 Å². The summed E-state index contributed by atoms with van der Waals surface area (Å²) in [5, 5.41) is 2.96. The van der Waals surface area contributed by atoms with Crippen LogP contribution in [0, 0.1) is 6.92 Å². The quantitative estimate of drug-likeness (QED) is 0.460.